The minimum Gasteiger partial charge on any atom is -0.372 e. The van der Waals surface area contributed by atoms with Crippen molar-refractivity contribution in [2.24, 2.45) is 5.11 Å². The van der Waals surface area contributed by atoms with Crippen molar-refractivity contribution in [3.05, 3.63) is 82.2 Å². The van der Waals surface area contributed by atoms with Gasteiger partial charge in [-0.1, -0.05) is 65.8 Å². The first-order valence-corrected chi connectivity index (χ1v) is 8.98. The van der Waals surface area contributed by atoms with Gasteiger partial charge in [0.1, 0.15) is 12.2 Å². The summed E-state index contributed by atoms with van der Waals surface area (Å²) in [6.07, 6.45) is -1.54. The third kappa shape index (κ3) is 4.13. The molecule has 2 aliphatic heterocycles. The van der Waals surface area contributed by atoms with E-state index in [1.807, 2.05) is 60.7 Å². The normalized spacial score (nSPS) is 30.1. The summed E-state index contributed by atoms with van der Waals surface area (Å²) in [7, 11) is 0. The molecule has 0 N–H and O–H groups in total. The van der Waals surface area contributed by atoms with E-state index in [9.17, 15) is 0 Å². The Bertz CT molecular complexity index is 782. The van der Waals surface area contributed by atoms with Crippen LogP contribution in [0.15, 0.2) is 65.8 Å². The van der Waals surface area contributed by atoms with Gasteiger partial charge in [0.2, 0.25) is 0 Å². The van der Waals surface area contributed by atoms with Crippen LogP contribution in [-0.2, 0) is 25.6 Å². The zero-order valence-corrected chi connectivity index (χ0v) is 14.8. The molecule has 0 unspecified atom stereocenters. The number of ether oxygens (including phenoxy) is 4. The highest BCUT2D eigenvalue weighted by Crippen LogP contribution is 2.34. The summed E-state index contributed by atoms with van der Waals surface area (Å²) in [5, 5.41) is 3.88. The maximum atomic E-state index is 8.93. The Balaban J connectivity index is 1.53. The summed E-state index contributed by atoms with van der Waals surface area (Å²) < 4.78 is 24.0. The lowest BCUT2D eigenvalue weighted by Crippen LogP contribution is -2.58. The third-order valence-electron chi connectivity index (χ3n) is 4.80. The summed E-state index contributed by atoms with van der Waals surface area (Å²) in [6, 6.07) is 19.2. The van der Waals surface area contributed by atoms with E-state index in [1.54, 1.807) is 0 Å². The zero-order valence-electron chi connectivity index (χ0n) is 14.8. The molecule has 2 aromatic carbocycles. The highest BCUT2D eigenvalue weighted by molar-refractivity contribution is 5.17. The quantitative estimate of drug-likeness (QED) is 0.457. The van der Waals surface area contributed by atoms with Gasteiger partial charge >= 0.3 is 0 Å². The Hall–Kier alpha value is -2.41. The topological polar surface area (TPSA) is 85.7 Å². The van der Waals surface area contributed by atoms with Crippen LogP contribution >= 0.6 is 0 Å². The number of rotatable bonds is 5. The second kappa shape index (κ2) is 8.52. The first-order chi connectivity index (χ1) is 13.3. The van der Waals surface area contributed by atoms with Crippen LogP contribution in [0.2, 0.25) is 0 Å². The number of fused-ring (bicyclic) bond motifs is 1. The molecule has 2 saturated heterocycles. The van der Waals surface area contributed by atoms with Gasteiger partial charge in [-0.05, 0) is 11.1 Å². The molecule has 5 atom stereocenters. The van der Waals surface area contributed by atoms with E-state index in [0.29, 0.717) is 13.2 Å². The van der Waals surface area contributed by atoms with Gasteiger partial charge in [0.25, 0.3) is 0 Å². The van der Waals surface area contributed by atoms with Gasteiger partial charge < -0.3 is 18.9 Å². The number of azide groups is 1. The summed E-state index contributed by atoms with van der Waals surface area (Å²) >= 11 is 0. The van der Waals surface area contributed by atoms with E-state index in [-0.39, 0.29) is 18.8 Å². The van der Waals surface area contributed by atoms with Crippen molar-refractivity contribution < 1.29 is 18.9 Å². The first kappa shape index (κ1) is 18.0. The van der Waals surface area contributed by atoms with E-state index in [0.717, 1.165) is 11.1 Å². The molecule has 4 rings (SSSR count). The lowest BCUT2D eigenvalue weighted by Gasteiger charge is -2.45. The van der Waals surface area contributed by atoms with Crippen molar-refractivity contribution >= 4 is 0 Å². The van der Waals surface area contributed by atoms with Crippen LogP contribution in [0.4, 0.5) is 0 Å². The highest BCUT2D eigenvalue weighted by Gasteiger charge is 2.46. The van der Waals surface area contributed by atoms with E-state index in [2.05, 4.69) is 10.0 Å². The molecule has 7 heteroatoms. The van der Waals surface area contributed by atoms with Crippen molar-refractivity contribution in [2.45, 2.75) is 37.3 Å². The lowest BCUT2D eigenvalue weighted by molar-refractivity contribution is -0.307. The predicted molar refractivity (Wildman–Crippen MR) is 97.7 cm³/mol. The molecule has 2 aliphatic rings. The summed E-state index contributed by atoms with van der Waals surface area (Å²) in [6.45, 7) is 1.10. The summed E-state index contributed by atoms with van der Waals surface area (Å²) in [4.78, 5) is 2.96. The maximum Gasteiger partial charge on any atom is 0.184 e. The van der Waals surface area contributed by atoms with Gasteiger partial charge in [-0.2, -0.15) is 0 Å². The molecule has 0 aliphatic carbocycles. The smallest absolute Gasteiger partial charge is 0.184 e. The summed E-state index contributed by atoms with van der Waals surface area (Å²) in [5.41, 5.74) is 10.9. The van der Waals surface area contributed by atoms with Gasteiger partial charge in [-0.25, -0.2) is 0 Å². The fourth-order valence-corrected chi connectivity index (χ4v) is 3.44. The van der Waals surface area contributed by atoms with Crippen LogP contribution in [0.5, 0.6) is 0 Å². The van der Waals surface area contributed by atoms with E-state index < -0.39 is 18.4 Å². The second-order valence-electron chi connectivity index (χ2n) is 6.58. The molecule has 0 aromatic heterocycles. The van der Waals surface area contributed by atoms with Gasteiger partial charge in [0.15, 0.2) is 6.29 Å². The molecular weight excluding hydrogens is 346 g/mol. The van der Waals surface area contributed by atoms with Crippen molar-refractivity contribution in [3.63, 3.8) is 0 Å². The molecule has 7 nitrogen and oxygen atoms in total. The number of nitrogens with zero attached hydrogens (tertiary/aromatic N) is 3. The van der Waals surface area contributed by atoms with Crippen molar-refractivity contribution in [1.82, 2.24) is 0 Å². The monoisotopic (exact) mass is 367 g/mol. The number of hydrogen-bond donors (Lipinski definition) is 0. The molecule has 0 radical (unpaired) electrons. The highest BCUT2D eigenvalue weighted by atomic mass is 16.7. The van der Waals surface area contributed by atoms with Crippen molar-refractivity contribution in [3.8, 4) is 0 Å². The average Bonchev–Trinajstić information content (AvgIpc) is 2.74. The van der Waals surface area contributed by atoms with Gasteiger partial charge in [-0.15, -0.1) is 0 Å². The van der Waals surface area contributed by atoms with Crippen molar-refractivity contribution in [1.29, 1.82) is 0 Å². The Morgan fingerprint density at radius 2 is 1.74 bits per heavy atom. The van der Waals surface area contributed by atoms with Crippen LogP contribution in [0.1, 0.15) is 17.4 Å². The van der Waals surface area contributed by atoms with Crippen molar-refractivity contribution in [2.75, 3.05) is 13.2 Å². The minimum absolute atomic E-state index is 0.254. The maximum absolute atomic E-state index is 8.93. The van der Waals surface area contributed by atoms with E-state index in [4.69, 9.17) is 24.5 Å². The molecule has 0 spiro atoms. The largest absolute Gasteiger partial charge is 0.372 e. The second-order valence-corrected chi connectivity index (χ2v) is 6.58. The Morgan fingerprint density at radius 3 is 2.48 bits per heavy atom. The minimum atomic E-state index is -0.497. The number of hydrogen-bond acceptors (Lipinski definition) is 5. The zero-order chi connectivity index (χ0) is 18.5. The predicted octanol–water partition coefficient (Wildman–Crippen LogP) is 3.76. The molecular formula is C20H21N3O4. The third-order valence-corrected chi connectivity index (χ3v) is 4.80. The molecule has 2 aromatic rings. The lowest BCUT2D eigenvalue weighted by atomic mass is 9.97. The van der Waals surface area contributed by atoms with Gasteiger partial charge in [0.05, 0.1) is 32.0 Å². The molecule has 27 heavy (non-hydrogen) atoms. The van der Waals surface area contributed by atoms with Crippen LogP contribution in [-0.4, -0.2) is 37.6 Å². The summed E-state index contributed by atoms with van der Waals surface area (Å²) in [5.74, 6) is 0. The van der Waals surface area contributed by atoms with E-state index in [1.165, 1.54) is 0 Å². The molecule has 2 fully saturated rings. The fourth-order valence-electron chi connectivity index (χ4n) is 3.44. The van der Waals surface area contributed by atoms with Crippen LogP contribution in [0.25, 0.3) is 10.4 Å². The number of benzene rings is 2. The Morgan fingerprint density at radius 1 is 1.00 bits per heavy atom. The van der Waals surface area contributed by atoms with Crippen LogP contribution in [0.3, 0.4) is 0 Å². The fraction of sp³-hybridized carbons (Fsp3) is 0.400. The van der Waals surface area contributed by atoms with Gasteiger partial charge in [-0.3, -0.25) is 0 Å². The average molecular weight is 367 g/mol. The molecule has 0 amide bonds. The first-order valence-electron chi connectivity index (χ1n) is 8.98. The van der Waals surface area contributed by atoms with E-state index >= 15 is 0 Å². The molecule has 2 heterocycles. The Labute approximate surface area is 157 Å². The SMILES string of the molecule is [N-]=[N+]=N[C@@H]1CO[C@@H]2CO[C@@H](c3ccccc3)O[C@H]2[C@@H]1OCc1ccccc1. The Kier molecular flexibility index (Phi) is 5.67. The molecule has 0 saturated carbocycles. The van der Waals surface area contributed by atoms with Crippen LogP contribution < -0.4 is 0 Å². The van der Waals surface area contributed by atoms with Crippen LogP contribution in [0, 0.1) is 0 Å². The molecule has 140 valence electrons. The van der Waals surface area contributed by atoms with Gasteiger partial charge in [0, 0.05) is 10.5 Å². The molecule has 0 bridgehead atoms. The standard InChI is InChI=1S/C20H21N3O4/c21-23-22-16-12-24-17-13-26-20(15-9-5-2-6-10-15)27-19(17)18(16)25-11-14-7-3-1-4-8-14/h1-10,16-20H,11-13H2/t16-,17-,18-,19-,20-/m1/s1.